The van der Waals surface area contributed by atoms with E-state index in [0.717, 1.165) is 16.6 Å². The SMILES string of the molecule is CC(c1ccc(Cl)cc1Cl)n1c(N)nc2cc(Cl)ccc21. The van der Waals surface area contributed by atoms with Crippen molar-refractivity contribution in [3.63, 3.8) is 0 Å². The van der Waals surface area contributed by atoms with E-state index in [9.17, 15) is 0 Å². The van der Waals surface area contributed by atoms with Crippen LogP contribution in [-0.2, 0) is 0 Å². The van der Waals surface area contributed by atoms with E-state index in [2.05, 4.69) is 4.98 Å². The number of rotatable bonds is 2. The Morgan fingerprint density at radius 2 is 1.71 bits per heavy atom. The topological polar surface area (TPSA) is 43.8 Å². The van der Waals surface area contributed by atoms with Crippen molar-refractivity contribution in [3.8, 4) is 0 Å². The molecule has 0 aliphatic carbocycles. The van der Waals surface area contributed by atoms with Crippen LogP contribution in [0.25, 0.3) is 11.0 Å². The van der Waals surface area contributed by atoms with Crippen molar-refractivity contribution in [2.75, 3.05) is 5.73 Å². The first-order valence-electron chi connectivity index (χ1n) is 6.35. The quantitative estimate of drug-likeness (QED) is 0.698. The third kappa shape index (κ3) is 2.57. The molecule has 0 radical (unpaired) electrons. The number of imidazole rings is 1. The first-order chi connectivity index (χ1) is 9.97. The van der Waals surface area contributed by atoms with Crippen LogP contribution in [0, 0.1) is 0 Å². The molecule has 0 bridgehead atoms. The summed E-state index contributed by atoms with van der Waals surface area (Å²) in [5, 5.41) is 1.83. The number of nitrogens with two attached hydrogens (primary N) is 1. The van der Waals surface area contributed by atoms with Crippen LogP contribution in [0.2, 0.25) is 15.1 Å². The molecule has 1 aromatic heterocycles. The third-order valence-electron chi connectivity index (χ3n) is 3.48. The fourth-order valence-electron chi connectivity index (χ4n) is 2.48. The van der Waals surface area contributed by atoms with E-state index in [4.69, 9.17) is 40.5 Å². The molecule has 6 heteroatoms. The van der Waals surface area contributed by atoms with E-state index >= 15 is 0 Å². The lowest BCUT2D eigenvalue weighted by atomic mass is 10.1. The molecule has 1 atom stereocenters. The van der Waals surface area contributed by atoms with Crippen LogP contribution >= 0.6 is 34.8 Å². The van der Waals surface area contributed by atoms with Crippen molar-refractivity contribution >= 4 is 51.8 Å². The van der Waals surface area contributed by atoms with Crippen molar-refractivity contribution in [3.05, 3.63) is 57.0 Å². The molecule has 0 saturated heterocycles. The van der Waals surface area contributed by atoms with Gasteiger partial charge in [-0.2, -0.15) is 0 Å². The zero-order valence-corrected chi connectivity index (χ0v) is 13.4. The molecule has 0 amide bonds. The zero-order chi connectivity index (χ0) is 15.1. The molecular formula is C15H12Cl3N3. The van der Waals surface area contributed by atoms with Crippen LogP contribution in [0.3, 0.4) is 0 Å². The number of nitrogens with zero attached hydrogens (tertiary/aromatic N) is 2. The molecular weight excluding hydrogens is 329 g/mol. The van der Waals surface area contributed by atoms with Gasteiger partial charge in [0, 0.05) is 15.1 Å². The Labute approximate surface area is 137 Å². The summed E-state index contributed by atoms with van der Waals surface area (Å²) in [7, 11) is 0. The maximum absolute atomic E-state index is 6.29. The normalized spacial score (nSPS) is 12.8. The van der Waals surface area contributed by atoms with Crippen LogP contribution in [-0.4, -0.2) is 9.55 Å². The van der Waals surface area contributed by atoms with Crippen molar-refractivity contribution in [1.29, 1.82) is 0 Å². The molecule has 0 spiro atoms. The van der Waals surface area contributed by atoms with Gasteiger partial charge in [-0.15, -0.1) is 0 Å². The summed E-state index contributed by atoms with van der Waals surface area (Å²) < 4.78 is 1.93. The highest BCUT2D eigenvalue weighted by Gasteiger charge is 2.18. The number of benzene rings is 2. The fourth-order valence-corrected chi connectivity index (χ4v) is 3.21. The molecule has 3 rings (SSSR count). The average molecular weight is 341 g/mol. The van der Waals surface area contributed by atoms with Crippen LogP contribution in [0.1, 0.15) is 18.5 Å². The Morgan fingerprint density at radius 3 is 2.43 bits per heavy atom. The number of anilines is 1. The number of aromatic nitrogens is 2. The van der Waals surface area contributed by atoms with Crippen molar-refractivity contribution in [2.45, 2.75) is 13.0 Å². The predicted octanol–water partition coefficient (Wildman–Crippen LogP) is 5.19. The highest BCUT2D eigenvalue weighted by molar-refractivity contribution is 6.35. The van der Waals surface area contributed by atoms with Crippen molar-refractivity contribution < 1.29 is 0 Å². The molecule has 0 aliphatic heterocycles. The van der Waals surface area contributed by atoms with Gasteiger partial charge in [0.2, 0.25) is 5.95 Å². The minimum Gasteiger partial charge on any atom is -0.369 e. The molecule has 3 aromatic rings. The summed E-state index contributed by atoms with van der Waals surface area (Å²) >= 11 is 18.2. The first kappa shape index (κ1) is 14.5. The summed E-state index contributed by atoms with van der Waals surface area (Å²) in [5.74, 6) is 0.422. The molecule has 2 N–H and O–H groups in total. The second-order valence-corrected chi connectivity index (χ2v) is 6.09. The molecule has 1 heterocycles. The van der Waals surface area contributed by atoms with Gasteiger partial charge >= 0.3 is 0 Å². The molecule has 3 nitrogen and oxygen atoms in total. The van der Waals surface area contributed by atoms with E-state index in [-0.39, 0.29) is 6.04 Å². The van der Waals surface area contributed by atoms with Gasteiger partial charge in [-0.1, -0.05) is 40.9 Å². The standard InChI is InChI=1S/C15H12Cl3N3/c1-8(11-4-2-9(16)6-12(11)18)21-14-5-3-10(17)7-13(14)20-15(21)19/h2-8H,1H3,(H2,19,20). The Balaban J connectivity index is 2.17. The van der Waals surface area contributed by atoms with Crippen LogP contribution < -0.4 is 5.73 Å². The van der Waals surface area contributed by atoms with E-state index in [1.165, 1.54) is 0 Å². The van der Waals surface area contributed by atoms with Gasteiger partial charge in [0.25, 0.3) is 0 Å². The maximum atomic E-state index is 6.29. The molecule has 0 aliphatic rings. The lowest BCUT2D eigenvalue weighted by Gasteiger charge is -2.18. The maximum Gasteiger partial charge on any atom is 0.201 e. The van der Waals surface area contributed by atoms with Gasteiger partial charge in [0.05, 0.1) is 17.1 Å². The minimum atomic E-state index is -0.0686. The minimum absolute atomic E-state index is 0.0686. The van der Waals surface area contributed by atoms with Gasteiger partial charge in [0.1, 0.15) is 0 Å². The predicted molar refractivity (Wildman–Crippen MR) is 89.4 cm³/mol. The largest absolute Gasteiger partial charge is 0.369 e. The van der Waals surface area contributed by atoms with Gasteiger partial charge in [-0.3, -0.25) is 0 Å². The van der Waals surface area contributed by atoms with Crippen LogP contribution in [0.4, 0.5) is 5.95 Å². The summed E-state index contributed by atoms with van der Waals surface area (Å²) in [6.45, 7) is 2.02. The number of fused-ring (bicyclic) bond motifs is 1. The van der Waals surface area contributed by atoms with Gasteiger partial charge in [-0.25, -0.2) is 4.98 Å². The highest BCUT2D eigenvalue weighted by atomic mass is 35.5. The molecule has 108 valence electrons. The smallest absolute Gasteiger partial charge is 0.201 e. The molecule has 1 unspecified atom stereocenters. The first-order valence-corrected chi connectivity index (χ1v) is 7.48. The Hall–Kier alpha value is -1.42. The summed E-state index contributed by atoms with van der Waals surface area (Å²) in [6, 6.07) is 10.9. The lowest BCUT2D eigenvalue weighted by molar-refractivity contribution is 0.668. The number of nitrogen functional groups attached to an aromatic ring is 1. The summed E-state index contributed by atoms with van der Waals surface area (Å²) in [4.78, 5) is 4.35. The Morgan fingerprint density at radius 1 is 1.05 bits per heavy atom. The summed E-state index contributed by atoms with van der Waals surface area (Å²) in [6.07, 6.45) is 0. The van der Waals surface area contributed by atoms with Crippen LogP contribution in [0.5, 0.6) is 0 Å². The van der Waals surface area contributed by atoms with E-state index < -0.39 is 0 Å². The Bertz CT molecular complexity index is 826. The summed E-state index contributed by atoms with van der Waals surface area (Å²) in [5.41, 5.74) is 8.67. The Kier molecular flexibility index (Phi) is 3.74. The molecule has 0 saturated carbocycles. The van der Waals surface area contributed by atoms with Gasteiger partial charge in [0.15, 0.2) is 0 Å². The van der Waals surface area contributed by atoms with E-state index in [1.54, 1.807) is 12.1 Å². The monoisotopic (exact) mass is 339 g/mol. The number of hydrogen-bond acceptors (Lipinski definition) is 2. The fraction of sp³-hybridized carbons (Fsp3) is 0.133. The second-order valence-electron chi connectivity index (χ2n) is 4.81. The molecule has 0 fully saturated rings. The second kappa shape index (κ2) is 5.41. The number of hydrogen-bond donors (Lipinski definition) is 1. The zero-order valence-electron chi connectivity index (χ0n) is 11.1. The number of halogens is 3. The highest BCUT2D eigenvalue weighted by Crippen LogP contribution is 2.33. The molecule has 21 heavy (non-hydrogen) atoms. The van der Waals surface area contributed by atoms with Crippen molar-refractivity contribution in [1.82, 2.24) is 9.55 Å². The average Bonchev–Trinajstić information content (AvgIpc) is 2.73. The lowest BCUT2D eigenvalue weighted by Crippen LogP contribution is -2.10. The van der Waals surface area contributed by atoms with E-state index in [0.29, 0.717) is 21.0 Å². The van der Waals surface area contributed by atoms with Gasteiger partial charge in [-0.05, 0) is 42.8 Å². The van der Waals surface area contributed by atoms with Crippen molar-refractivity contribution in [2.24, 2.45) is 0 Å². The van der Waals surface area contributed by atoms with E-state index in [1.807, 2.05) is 35.8 Å². The molecule has 2 aromatic carbocycles. The van der Waals surface area contributed by atoms with Crippen LogP contribution in [0.15, 0.2) is 36.4 Å². The van der Waals surface area contributed by atoms with Gasteiger partial charge < -0.3 is 10.3 Å². The third-order valence-corrected chi connectivity index (χ3v) is 4.28.